The molecular formula is C22H22ClF2N3O4S. The minimum atomic E-state index is -3.89. The largest absolute Gasteiger partial charge is 0.451 e. The van der Waals surface area contributed by atoms with Gasteiger partial charge >= 0.3 is 12.5 Å². The standard InChI is InChI=1S/C22H22ClF2N3O4S/c1-14(20-26-17-7-3-4-8-18(17)28(20)22(24)25)32-21(29)15-9-10-16(23)19(13-15)33(30,31)27-11-5-2-6-12-27/h3-4,7-10,13-14,22H,2,5-6,11-12H2,1H3. The maximum atomic E-state index is 13.7. The molecule has 1 saturated heterocycles. The molecule has 0 radical (unpaired) electrons. The predicted octanol–water partition coefficient (Wildman–Crippen LogP) is 5.18. The van der Waals surface area contributed by atoms with E-state index in [4.69, 9.17) is 16.3 Å². The summed E-state index contributed by atoms with van der Waals surface area (Å²) in [5, 5.41) is -0.00957. The number of para-hydroxylation sites is 2. The highest BCUT2D eigenvalue weighted by Gasteiger charge is 2.30. The molecule has 0 aliphatic carbocycles. The van der Waals surface area contributed by atoms with Crippen LogP contribution < -0.4 is 0 Å². The molecule has 0 amide bonds. The van der Waals surface area contributed by atoms with Crippen LogP contribution in [0.5, 0.6) is 0 Å². The zero-order chi connectivity index (χ0) is 23.8. The summed E-state index contributed by atoms with van der Waals surface area (Å²) < 4.78 is 60.9. The van der Waals surface area contributed by atoms with Gasteiger partial charge in [0.15, 0.2) is 11.9 Å². The minimum absolute atomic E-state index is 0.00957. The van der Waals surface area contributed by atoms with Crippen molar-refractivity contribution in [2.45, 2.75) is 43.7 Å². The van der Waals surface area contributed by atoms with Crippen molar-refractivity contribution in [1.82, 2.24) is 13.9 Å². The molecule has 1 aromatic heterocycles. The zero-order valence-electron chi connectivity index (χ0n) is 17.7. The number of carbonyl (C=O) groups excluding carboxylic acids is 1. The molecule has 2 heterocycles. The van der Waals surface area contributed by atoms with Crippen LogP contribution in [0.2, 0.25) is 5.02 Å². The highest BCUT2D eigenvalue weighted by molar-refractivity contribution is 7.89. The van der Waals surface area contributed by atoms with Gasteiger partial charge in [0.1, 0.15) is 4.90 Å². The van der Waals surface area contributed by atoms with Gasteiger partial charge in [-0.3, -0.25) is 4.57 Å². The number of halogens is 3. The lowest BCUT2D eigenvalue weighted by molar-refractivity contribution is 0.0233. The Kier molecular flexibility index (Phi) is 6.69. The number of aromatic nitrogens is 2. The molecule has 1 aliphatic heterocycles. The summed E-state index contributed by atoms with van der Waals surface area (Å²) in [5.74, 6) is -0.989. The van der Waals surface area contributed by atoms with E-state index in [1.54, 1.807) is 18.2 Å². The van der Waals surface area contributed by atoms with E-state index in [0.717, 1.165) is 25.3 Å². The van der Waals surface area contributed by atoms with Crippen molar-refractivity contribution in [2.75, 3.05) is 13.1 Å². The van der Waals surface area contributed by atoms with Crippen molar-refractivity contribution in [2.24, 2.45) is 0 Å². The highest BCUT2D eigenvalue weighted by atomic mass is 35.5. The van der Waals surface area contributed by atoms with Gasteiger partial charge in [0, 0.05) is 13.1 Å². The molecule has 1 atom stereocenters. The monoisotopic (exact) mass is 497 g/mol. The summed E-state index contributed by atoms with van der Waals surface area (Å²) in [4.78, 5) is 16.8. The average molecular weight is 498 g/mol. The molecule has 7 nitrogen and oxygen atoms in total. The van der Waals surface area contributed by atoms with E-state index in [-0.39, 0.29) is 26.8 Å². The number of hydrogen-bond acceptors (Lipinski definition) is 5. The third kappa shape index (κ3) is 4.60. The highest BCUT2D eigenvalue weighted by Crippen LogP contribution is 2.31. The average Bonchev–Trinajstić information content (AvgIpc) is 3.20. The van der Waals surface area contributed by atoms with Crippen LogP contribution in [-0.2, 0) is 14.8 Å². The topological polar surface area (TPSA) is 81.5 Å². The molecule has 11 heteroatoms. The summed E-state index contributed by atoms with van der Waals surface area (Å²) in [6.07, 6.45) is 1.34. The molecule has 4 rings (SSSR count). The van der Waals surface area contributed by atoms with Crippen molar-refractivity contribution >= 4 is 38.6 Å². The van der Waals surface area contributed by atoms with E-state index in [0.29, 0.717) is 23.2 Å². The number of piperidine rings is 1. The SMILES string of the molecule is CC(OC(=O)c1ccc(Cl)c(S(=O)(=O)N2CCCCC2)c1)c1nc2ccccc2n1C(F)F. The predicted molar refractivity (Wildman–Crippen MR) is 119 cm³/mol. The van der Waals surface area contributed by atoms with Crippen LogP contribution in [0.25, 0.3) is 11.0 Å². The van der Waals surface area contributed by atoms with Crippen molar-refractivity contribution < 1.29 is 26.7 Å². The Morgan fingerprint density at radius 2 is 1.82 bits per heavy atom. The minimum Gasteiger partial charge on any atom is -0.451 e. The third-order valence-electron chi connectivity index (χ3n) is 5.57. The Bertz CT molecular complexity index is 1290. The van der Waals surface area contributed by atoms with E-state index >= 15 is 0 Å². The van der Waals surface area contributed by atoms with Gasteiger partial charge in [-0.25, -0.2) is 18.2 Å². The Labute approximate surface area is 195 Å². The number of ether oxygens (including phenoxy) is 1. The molecule has 0 N–H and O–H groups in total. The molecule has 33 heavy (non-hydrogen) atoms. The molecule has 0 bridgehead atoms. The van der Waals surface area contributed by atoms with Crippen LogP contribution in [0, 0.1) is 0 Å². The Balaban J connectivity index is 1.61. The first kappa shape index (κ1) is 23.6. The zero-order valence-corrected chi connectivity index (χ0v) is 19.3. The van der Waals surface area contributed by atoms with Crippen molar-refractivity contribution in [3.63, 3.8) is 0 Å². The smallest absolute Gasteiger partial charge is 0.338 e. The quantitative estimate of drug-likeness (QED) is 0.438. The number of sulfonamides is 1. The lowest BCUT2D eigenvalue weighted by atomic mass is 10.2. The number of hydrogen-bond donors (Lipinski definition) is 0. The first-order valence-electron chi connectivity index (χ1n) is 10.5. The van der Waals surface area contributed by atoms with Gasteiger partial charge in [0.2, 0.25) is 10.0 Å². The number of alkyl halides is 2. The van der Waals surface area contributed by atoms with Gasteiger partial charge < -0.3 is 4.74 Å². The fourth-order valence-corrected chi connectivity index (χ4v) is 5.93. The fraction of sp³-hybridized carbons (Fsp3) is 0.364. The molecule has 1 unspecified atom stereocenters. The first-order valence-corrected chi connectivity index (χ1v) is 12.3. The van der Waals surface area contributed by atoms with Crippen LogP contribution in [-0.4, -0.2) is 41.3 Å². The summed E-state index contributed by atoms with van der Waals surface area (Å²) in [6, 6.07) is 10.2. The van der Waals surface area contributed by atoms with Crippen molar-refractivity contribution in [3.05, 3.63) is 58.9 Å². The van der Waals surface area contributed by atoms with Gasteiger partial charge in [-0.05, 0) is 50.1 Å². The van der Waals surface area contributed by atoms with E-state index in [1.807, 2.05) is 0 Å². The molecule has 0 spiro atoms. The lowest BCUT2D eigenvalue weighted by Crippen LogP contribution is -2.35. The van der Waals surface area contributed by atoms with E-state index in [1.165, 1.54) is 29.4 Å². The van der Waals surface area contributed by atoms with Crippen LogP contribution in [0.3, 0.4) is 0 Å². The van der Waals surface area contributed by atoms with Gasteiger partial charge in [-0.15, -0.1) is 0 Å². The number of fused-ring (bicyclic) bond motifs is 1. The molecule has 1 fully saturated rings. The number of nitrogens with zero attached hydrogens (tertiary/aromatic N) is 3. The normalized spacial score (nSPS) is 16.3. The molecular weight excluding hydrogens is 476 g/mol. The summed E-state index contributed by atoms with van der Waals surface area (Å²) in [5.41, 5.74) is 0.505. The van der Waals surface area contributed by atoms with Gasteiger partial charge in [-0.2, -0.15) is 13.1 Å². The number of rotatable bonds is 6. The third-order valence-corrected chi connectivity index (χ3v) is 7.95. The van der Waals surface area contributed by atoms with Crippen LogP contribution in [0.4, 0.5) is 8.78 Å². The maximum absolute atomic E-state index is 13.7. The Hall–Kier alpha value is -2.56. The Morgan fingerprint density at radius 1 is 1.12 bits per heavy atom. The maximum Gasteiger partial charge on any atom is 0.338 e. The molecule has 0 saturated carbocycles. The van der Waals surface area contributed by atoms with Gasteiger partial charge in [0.05, 0.1) is 21.6 Å². The second-order valence-corrected chi connectivity index (χ2v) is 10.1. The number of carbonyl (C=O) groups is 1. The molecule has 1 aliphatic rings. The summed E-state index contributed by atoms with van der Waals surface area (Å²) >= 11 is 6.15. The van der Waals surface area contributed by atoms with Crippen LogP contribution in [0.1, 0.15) is 55.0 Å². The lowest BCUT2D eigenvalue weighted by Gasteiger charge is -2.26. The molecule has 3 aromatic rings. The Morgan fingerprint density at radius 3 is 2.52 bits per heavy atom. The van der Waals surface area contributed by atoms with Crippen LogP contribution in [0.15, 0.2) is 47.4 Å². The number of esters is 1. The van der Waals surface area contributed by atoms with Gasteiger partial charge in [-0.1, -0.05) is 30.2 Å². The van der Waals surface area contributed by atoms with Crippen molar-refractivity contribution in [3.8, 4) is 0 Å². The summed E-state index contributed by atoms with van der Waals surface area (Å²) in [6.45, 7) is -0.688. The van der Waals surface area contributed by atoms with E-state index in [9.17, 15) is 22.0 Å². The van der Waals surface area contributed by atoms with Gasteiger partial charge in [0.25, 0.3) is 0 Å². The number of benzene rings is 2. The van der Waals surface area contributed by atoms with Crippen molar-refractivity contribution in [1.29, 1.82) is 0 Å². The molecule has 176 valence electrons. The molecule has 2 aromatic carbocycles. The second kappa shape index (κ2) is 9.36. The second-order valence-electron chi connectivity index (χ2n) is 7.76. The number of imidazole rings is 1. The summed E-state index contributed by atoms with van der Waals surface area (Å²) in [7, 11) is -3.89. The van der Waals surface area contributed by atoms with E-state index in [2.05, 4.69) is 4.98 Å². The fourth-order valence-electron chi connectivity index (χ4n) is 3.91. The van der Waals surface area contributed by atoms with Crippen LogP contribution >= 0.6 is 11.6 Å². The van der Waals surface area contributed by atoms with E-state index < -0.39 is 28.6 Å². The first-order chi connectivity index (χ1) is 15.7.